The lowest BCUT2D eigenvalue weighted by atomic mass is 9.45. The monoisotopic (exact) mass is 356 g/mol. The van der Waals surface area contributed by atoms with E-state index in [2.05, 4.69) is 26.8 Å². The van der Waals surface area contributed by atoms with Crippen molar-refractivity contribution in [2.75, 3.05) is 0 Å². The van der Waals surface area contributed by atoms with Crippen LogP contribution in [0.5, 0.6) is 0 Å². The largest absolute Gasteiger partial charge is 0.299 e. The van der Waals surface area contributed by atoms with Gasteiger partial charge in [-0.1, -0.05) is 58.1 Å². The van der Waals surface area contributed by atoms with E-state index in [1.807, 2.05) is 5.57 Å². The number of rotatable bonds is 5. The van der Waals surface area contributed by atoms with Crippen molar-refractivity contribution in [2.45, 2.75) is 104 Å². The maximum Gasteiger partial charge on any atom is 0.139 e. The van der Waals surface area contributed by atoms with Crippen molar-refractivity contribution in [3.05, 3.63) is 11.6 Å². The number of carbonyl (C=O) groups excluding carboxylic acids is 1. The SMILES string of the molecule is CCCCCC[C@H]1C[C@@H]2[C@H](CC[C@]3(C)C(=O)CC[C@@H]23)[C@@]2(C)CCCC=C12. The van der Waals surface area contributed by atoms with Crippen molar-refractivity contribution in [3.8, 4) is 0 Å². The first-order valence-electron chi connectivity index (χ1n) is 11.7. The average molecular weight is 357 g/mol. The van der Waals surface area contributed by atoms with Crippen molar-refractivity contribution in [2.24, 2.45) is 34.5 Å². The van der Waals surface area contributed by atoms with Crippen LogP contribution in [0.25, 0.3) is 0 Å². The molecule has 3 saturated carbocycles. The second-order valence-corrected chi connectivity index (χ2v) is 10.5. The molecule has 0 aromatic rings. The van der Waals surface area contributed by atoms with Gasteiger partial charge in [-0.15, -0.1) is 0 Å². The quantitative estimate of drug-likeness (QED) is 0.379. The summed E-state index contributed by atoms with van der Waals surface area (Å²) in [5, 5.41) is 0. The molecule has 0 amide bonds. The molecule has 0 aromatic carbocycles. The molecular formula is C25H40O. The molecular weight excluding hydrogens is 316 g/mol. The predicted octanol–water partition coefficient (Wildman–Crippen LogP) is 7.10. The molecule has 4 aliphatic carbocycles. The predicted molar refractivity (Wildman–Crippen MR) is 109 cm³/mol. The molecule has 0 spiro atoms. The Kier molecular flexibility index (Phi) is 5.12. The van der Waals surface area contributed by atoms with Crippen LogP contribution in [0.4, 0.5) is 0 Å². The fraction of sp³-hybridized carbons (Fsp3) is 0.880. The minimum absolute atomic E-state index is 0.0279. The molecule has 0 bridgehead atoms. The number of Topliss-reactive ketones (excluding diaryl/α,β-unsaturated/α-hetero) is 1. The molecule has 0 heterocycles. The number of allylic oxidation sites excluding steroid dienone is 2. The summed E-state index contributed by atoms with van der Waals surface area (Å²) in [6.45, 7) is 7.26. The fourth-order valence-corrected chi connectivity index (χ4v) is 7.86. The Morgan fingerprint density at radius 2 is 1.85 bits per heavy atom. The summed E-state index contributed by atoms with van der Waals surface area (Å²) in [7, 11) is 0. The van der Waals surface area contributed by atoms with Gasteiger partial charge < -0.3 is 0 Å². The molecule has 0 radical (unpaired) electrons. The van der Waals surface area contributed by atoms with E-state index in [9.17, 15) is 4.79 Å². The zero-order chi connectivity index (χ0) is 18.4. The van der Waals surface area contributed by atoms with Crippen LogP contribution in [-0.2, 0) is 4.79 Å². The number of hydrogen-bond acceptors (Lipinski definition) is 1. The summed E-state index contributed by atoms with van der Waals surface area (Å²) in [5.41, 5.74) is 2.33. The molecule has 0 aliphatic heterocycles. The van der Waals surface area contributed by atoms with Gasteiger partial charge in [-0.25, -0.2) is 0 Å². The first-order chi connectivity index (χ1) is 12.5. The summed E-state index contributed by atoms with van der Waals surface area (Å²) < 4.78 is 0. The third-order valence-electron chi connectivity index (χ3n) is 9.29. The molecule has 4 rings (SSSR count). The summed E-state index contributed by atoms with van der Waals surface area (Å²) in [4.78, 5) is 12.7. The van der Waals surface area contributed by atoms with Crippen LogP contribution in [0.1, 0.15) is 104 Å². The molecule has 4 aliphatic rings. The van der Waals surface area contributed by atoms with Gasteiger partial charge in [0, 0.05) is 11.8 Å². The Morgan fingerprint density at radius 3 is 2.65 bits per heavy atom. The van der Waals surface area contributed by atoms with E-state index in [-0.39, 0.29) is 5.41 Å². The zero-order valence-corrected chi connectivity index (χ0v) is 17.5. The topological polar surface area (TPSA) is 17.1 Å². The van der Waals surface area contributed by atoms with Crippen molar-refractivity contribution in [1.29, 1.82) is 0 Å². The smallest absolute Gasteiger partial charge is 0.139 e. The molecule has 1 heteroatoms. The Morgan fingerprint density at radius 1 is 1.04 bits per heavy atom. The van der Waals surface area contributed by atoms with Gasteiger partial charge in [0.15, 0.2) is 0 Å². The minimum atomic E-state index is 0.0279. The number of hydrogen-bond donors (Lipinski definition) is 0. The van der Waals surface area contributed by atoms with Crippen molar-refractivity contribution in [3.63, 3.8) is 0 Å². The van der Waals surface area contributed by atoms with Crippen LogP contribution in [0, 0.1) is 34.5 Å². The lowest BCUT2D eigenvalue weighted by molar-refractivity contribution is -0.133. The van der Waals surface area contributed by atoms with Gasteiger partial charge in [0.05, 0.1) is 0 Å². The standard InChI is InChI=1S/C25H40O/c1-4-5-6-7-10-18-17-19-21-12-13-23(26)25(21,3)16-14-22(19)24(2)15-9-8-11-20(18)24/h11,18-19,21-22H,4-10,12-17H2,1-3H3/t18-,19-,21-,22-,24-,25-/m0/s1. The summed E-state index contributed by atoms with van der Waals surface area (Å²) >= 11 is 0. The Balaban J connectivity index is 1.60. The number of fused-ring (bicyclic) bond motifs is 5. The summed E-state index contributed by atoms with van der Waals surface area (Å²) in [6.07, 6.45) is 19.6. The van der Waals surface area contributed by atoms with Gasteiger partial charge in [0.2, 0.25) is 0 Å². The summed E-state index contributed by atoms with van der Waals surface area (Å²) in [5.74, 6) is 3.76. The van der Waals surface area contributed by atoms with Gasteiger partial charge in [0.1, 0.15) is 5.78 Å². The van der Waals surface area contributed by atoms with E-state index >= 15 is 0 Å². The lowest BCUT2D eigenvalue weighted by Gasteiger charge is -2.59. The minimum Gasteiger partial charge on any atom is -0.299 e. The van der Waals surface area contributed by atoms with Crippen molar-refractivity contribution >= 4 is 5.78 Å². The second-order valence-electron chi connectivity index (χ2n) is 10.5. The van der Waals surface area contributed by atoms with Gasteiger partial charge >= 0.3 is 0 Å². The van der Waals surface area contributed by atoms with Gasteiger partial charge in [-0.05, 0) is 80.5 Å². The van der Waals surface area contributed by atoms with Gasteiger partial charge in [0.25, 0.3) is 0 Å². The fourth-order valence-electron chi connectivity index (χ4n) is 7.86. The maximum atomic E-state index is 12.7. The van der Waals surface area contributed by atoms with Crippen molar-refractivity contribution in [1.82, 2.24) is 0 Å². The zero-order valence-electron chi connectivity index (χ0n) is 17.5. The van der Waals surface area contributed by atoms with Gasteiger partial charge in [-0.2, -0.15) is 0 Å². The van der Waals surface area contributed by atoms with Crippen LogP contribution < -0.4 is 0 Å². The van der Waals surface area contributed by atoms with E-state index in [4.69, 9.17) is 0 Å². The Labute approximate surface area is 161 Å². The Hall–Kier alpha value is -0.590. The molecule has 0 aromatic heterocycles. The van der Waals surface area contributed by atoms with E-state index in [1.54, 1.807) is 0 Å². The number of carbonyl (C=O) groups is 1. The molecule has 0 N–H and O–H groups in total. The first kappa shape index (κ1) is 18.8. The Bertz CT molecular complexity index is 575. The average Bonchev–Trinajstić information content (AvgIpc) is 2.93. The molecule has 146 valence electrons. The van der Waals surface area contributed by atoms with Crippen LogP contribution in [0.2, 0.25) is 0 Å². The number of unbranched alkanes of at least 4 members (excludes halogenated alkanes) is 3. The van der Waals surface area contributed by atoms with Crippen LogP contribution in [0.15, 0.2) is 11.6 Å². The number of ketones is 1. The molecule has 3 fully saturated rings. The van der Waals surface area contributed by atoms with Crippen LogP contribution in [0.3, 0.4) is 0 Å². The van der Waals surface area contributed by atoms with Gasteiger partial charge in [-0.3, -0.25) is 4.79 Å². The molecule has 0 saturated heterocycles. The maximum absolute atomic E-state index is 12.7. The highest BCUT2D eigenvalue weighted by atomic mass is 16.1. The third-order valence-corrected chi connectivity index (χ3v) is 9.29. The summed E-state index contributed by atoms with van der Waals surface area (Å²) in [6, 6.07) is 0. The first-order valence-corrected chi connectivity index (χ1v) is 11.7. The highest BCUT2D eigenvalue weighted by molar-refractivity contribution is 5.87. The molecule has 26 heavy (non-hydrogen) atoms. The normalized spacial score (nSPS) is 44.9. The highest BCUT2D eigenvalue weighted by Gasteiger charge is 2.59. The molecule has 1 nitrogen and oxygen atoms in total. The molecule has 6 atom stereocenters. The second kappa shape index (κ2) is 7.10. The van der Waals surface area contributed by atoms with E-state index in [1.165, 1.54) is 77.0 Å². The van der Waals surface area contributed by atoms with Crippen LogP contribution in [-0.4, -0.2) is 5.78 Å². The molecule has 0 unspecified atom stereocenters. The van der Waals surface area contributed by atoms with Crippen molar-refractivity contribution < 1.29 is 4.79 Å². The highest BCUT2D eigenvalue weighted by Crippen LogP contribution is 2.66. The van der Waals surface area contributed by atoms with E-state index < -0.39 is 0 Å². The third kappa shape index (κ3) is 2.83. The lowest BCUT2D eigenvalue weighted by Crippen LogP contribution is -2.52. The van der Waals surface area contributed by atoms with E-state index in [0.717, 1.165) is 24.2 Å². The van der Waals surface area contributed by atoms with Crippen LogP contribution >= 0.6 is 0 Å². The van der Waals surface area contributed by atoms with E-state index in [0.29, 0.717) is 17.1 Å².